The lowest BCUT2D eigenvalue weighted by molar-refractivity contribution is -0.657. The quantitative estimate of drug-likeness (QED) is 0.425. The number of nitrogens with two attached hydrogens (primary N) is 1. The molecule has 3 N–H and O–H groups in total. The fraction of sp³-hybridized carbons (Fsp3) is 0.294. The van der Waals surface area contributed by atoms with Crippen molar-refractivity contribution in [3.63, 3.8) is 0 Å². The van der Waals surface area contributed by atoms with Crippen molar-refractivity contribution < 1.29 is 23.4 Å². The Bertz CT molecular complexity index is 690. The van der Waals surface area contributed by atoms with Gasteiger partial charge in [-0.25, -0.2) is 8.42 Å². The van der Waals surface area contributed by atoms with Crippen LogP contribution < -0.4 is 5.32 Å². The highest BCUT2D eigenvalue weighted by atomic mass is 79.9. The summed E-state index contributed by atoms with van der Waals surface area (Å²) in [7, 11) is -4.27. The van der Waals surface area contributed by atoms with Gasteiger partial charge in [0.1, 0.15) is 22.8 Å². The van der Waals surface area contributed by atoms with Crippen molar-refractivity contribution in [1.29, 1.82) is 0 Å². The molecule has 0 bridgehead atoms. The van der Waals surface area contributed by atoms with Crippen LogP contribution in [0.3, 0.4) is 0 Å². The summed E-state index contributed by atoms with van der Waals surface area (Å²) in [5.41, 5.74) is 1.92. The van der Waals surface area contributed by atoms with E-state index in [4.69, 9.17) is 0 Å². The van der Waals surface area contributed by atoms with E-state index >= 15 is 0 Å². The van der Waals surface area contributed by atoms with Crippen molar-refractivity contribution in [3.05, 3.63) is 65.7 Å². The first-order valence-electron chi connectivity index (χ1n) is 7.48. The number of alkyl halides is 1. The zero-order chi connectivity index (χ0) is 18.0. The Morgan fingerprint density at radius 1 is 1.12 bits per heavy atom. The molecule has 0 fully saturated rings. The number of rotatable bonds is 6. The Labute approximate surface area is 151 Å². The van der Waals surface area contributed by atoms with E-state index in [2.05, 4.69) is 21.2 Å². The van der Waals surface area contributed by atoms with Gasteiger partial charge < -0.3 is 15.0 Å². The van der Waals surface area contributed by atoms with Crippen LogP contribution in [0.2, 0.25) is 0 Å². The fourth-order valence-electron chi connectivity index (χ4n) is 1.87. The summed E-state index contributed by atoms with van der Waals surface area (Å²) in [6.45, 7) is 3.56. The average Bonchev–Trinajstić information content (AvgIpc) is 2.56. The summed E-state index contributed by atoms with van der Waals surface area (Å²) >= 11 is 3.34. The molecule has 2 rings (SSSR count). The lowest BCUT2D eigenvalue weighted by Crippen LogP contribution is -2.85. The molecule has 0 saturated heterocycles. The van der Waals surface area contributed by atoms with Gasteiger partial charge in [-0.15, -0.1) is 0 Å². The Kier molecular flexibility index (Phi) is 9.17. The molecule has 0 aliphatic heterocycles. The van der Waals surface area contributed by atoms with Crippen LogP contribution in [0.1, 0.15) is 17.2 Å². The minimum atomic E-state index is -4.27. The number of hydrogen-bond acceptors (Lipinski definition) is 4. The maximum Gasteiger partial charge on any atom is 0.128 e. The summed E-state index contributed by atoms with van der Waals surface area (Å²) in [5, 5.41) is 12.8. The Hall–Kier alpha value is -1.25. The van der Waals surface area contributed by atoms with Crippen LogP contribution in [0.4, 0.5) is 0 Å². The van der Waals surface area contributed by atoms with E-state index in [1.165, 1.54) is 12.1 Å². The first-order chi connectivity index (χ1) is 11.3. The van der Waals surface area contributed by atoms with Gasteiger partial charge >= 0.3 is 0 Å². The fourth-order valence-corrected chi connectivity index (χ4v) is 2.66. The number of aliphatic hydroxyl groups excluding tert-OH is 1. The van der Waals surface area contributed by atoms with E-state index in [9.17, 15) is 18.1 Å². The third kappa shape index (κ3) is 8.03. The SMILES string of the molecule is Cc1ccc(S(=O)(=O)[O-])cc1.OC(C[NH2+]CCBr)c1ccccc1. The monoisotopic (exact) mass is 415 g/mol. The highest BCUT2D eigenvalue weighted by Gasteiger charge is 2.07. The first kappa shape index (κ1) is 20.8. The molecule has 0 aliphatic rings. The normalized spacial score (nSPS) is 12.2. The Balaban J connectivity index is 0.000000243. The number of benzene rings is 2. The molecular formula is C17H22BrNO4S. The largest absolute Gasteiger partial charge is 0.744 e. The molecule has 0 amide bonds. The second-order valence-electron chi connectivity index (χ2n) is 5.20. The molecule has 132 valence electrons. The average molecular weight is 416 g/mol. The summed E-state index contributed by atoms with van der Waals surface area (Å²) in [4.78, 5) is -0.178. The molecule has 0 aromatic heterocycles. The molecule has 0 radical (unpaired) electrons. The zero-order valence-corrected chi connectivity index (χ0v) is 15.8. The van der Waals surface area contributed by atoms with Gasteiger partial charge in [0.2, 0.25) is 0 Å². The molecule has 1 unspecified atom stereocenters. The van der Waals surface area contributed by atoms with Crippen molar-refractivity contribution in [2.24, 2.45) is 0 Å². The number of hydrogen-bond donors (Lipinski definition) is 2. The molecule has 24 heavy (non-hydrogen) atoms. The van der Waals surface area contributed by atoms with E-state index in [0.717, 1.165) is 29.5 Å². The van der Waals surface area contributed by atoms with Crippen LogP contribution >= 0.6 is 15.9 Å². The topological polar surface area (TPSA) is 94.0 Å². The smallest absolute Gasteiger partial charge is 0.128 e. The highest BCUT2D eigenvalue weighted by Crippen LogP contribution is 2.09. The van der Waals surface area contributed by atoms with Crippen molar-refractivity contribution in [2.75, 3.05) is 18.4 Å². The van der Waals surface area contributed by atoms with Gasteiger partial charge in [0.05, 0.1) is 16.8 Å². The maximum atomic E-state index is 10.4. The minimum absolute atomic E-state index is 0.178. The lowest BCUT2D eigenvalue weighted by Gasteiger charge is -2.08. The number of aliphatic hydroxyl groups is 1. The van der Waals surface area contributed by atoms with Crippen LogP contribution in [0.5, 0.6) is 0 Å². The van der Waals surface area contributed by atoms with Gasteiger partial charge in [0.25, 0.3) is 0 Å². The standard InChI is InChI=1S/C10H14BrNO.C7H8O3S/c11-6-7-12-8-10(13)9-4-2-1-3-5-9;1-6-2-4-7(5-3-6)11(8,9)10/h1-5,10,12-13H,6-8H2;2-5H,1H3,(H,8,9,10). The Morgan fingerprint density at radius 3 is 2.21 bits per heavy atom. The van der Waals surface area contributed by atoms with Gasteiger partial charge in [-0.3, -0.25) is 0 Å². The van der Waals surface area contributed by atoms with Crippen molar-refractivity contribution in [1.82, 2.24) is 0 Å². The summed E-state index contributed by atoms with van der Waals surface area (Å²) in [6.07, 6.45) is -0.347. The predicted octanol–water partition coefficient (Wildman–Crippen LogP) is 1.58. The van der Waals surface area contributed by atoms with Gasteiger partial charge in [-0.05, 0) is 24.6 Å². The summed E-state index contributed by atoms with van der Waals surface area (Å²) in [5.74, 6) is 0. The van der Waals surface area contributed by atoms with E-state index < -0.39 is 10.1 Å². The summed E-state index contributed by atoms with van der Waals surface area (Å²) in [6, 6.07) is 15.5. The molecular weight excluding hydrogens is 394 g/mol. The van der Waals surface area contributed by atoms with Crippen molar-refractivity contribution >= 4 is 26.0 Å². The molecule has 2 aromatic rings. The molecule has 7 heteroatoms. The lowest BCUT2D eigenvalue weighted by atomic mass is 10.1. The third-order valence-electron chi connectivity index (χ3n) is 3.20. The van der Waals surface area contributed by atoms with E-state index in [1.807, 2.05) is 37.3 Å². The number of halogens is 1. The predicted molar refractivity (Wildman–Crippen MR) is 96.0 cm³/mol. The van der Waals surface area contributed by atoms with Gasteiger partial charge in [-0.1, -0.05) is 64.0 Å². The number of quaternary nitrogens is 1. The van der Waals surface area contributed by atoms with Crippen LogP contribution in [-0.4, -0.2) is 36.5 Å². The first-order valence-corrected chi connectivity index (χ1v) is 10.0. The molecule has 0 aliphatic carbocycles. The van der Waals surface area contributed by atoms with E-state index in [0.29, 0.717) is 0 Å². The van der Waals surface area contributed by atoms with Crippen LogP contribution in [0.15, 0.2) is 59.5 Å². The van der Waals surface area contributed by atoms with Crippen molar-refractivity contribution in [2.45, 2.75) is 17.9 Å². The Morgan fingerprint density at radius 2 is 1.71 bits per heavy atom. The zero-order valence-electron chi connectivity index (χ0n) is 13.4. The molecule has 1 atom stereocenters. The third-order valence-corrected chi connectivity index (χ3v) is 4.50. The molecule has 0 heterocycles. The van der Waals surface area contributed by atoms with Crippen LogP contribution in [0.25, 0.3) is 0 Å². The minimum Gasteiger partial charge on any atom is -0.744 e. The van der Waals surface area contributed by atoms with Crippen molar-refractivity contribution in [3.8, 4) is 0 Å². The molecule has 5 nitrogen and oxygen atoms in total. The molecule has 2 aromatic carbocycles. The van der Waals surface area contributed by atoms with E-state index in [-0.39, 0.29) is 11.0 Å². The van der Waals surface area contributed by atoms with Crippen LogP contribution in [-0.2, 0) is 10.1 Å². The van der Waals surface area contributed by atoms with Gasteiger partial charge in [-0.2, -0.15) is 0 Å². The number of aryl methyl sites for hydroxylation is 1. The van der Waals surface area contributed by atoms with Crippen LogP contribution in [0, 0.1) is 6.92 Å². The van der Waals surface area contributed by atoms with E-state index in [1.54, 1.807) is 12.1 Å². The maximum absolute atomic E-state index is 10.4. The van der Waals surface area contributed by atoms with Gasteiger partial charge in [0.15, 0.2) is 0 Å². The second-order valence-corrected chi connectivity index (χ2v) is 7.37. The van der Waals surface area contributed by atoms with Gasteiger partial charge in [0, 0.05) is 0 Å². The highest BCUT2D eigenvalue weighted by molar-refractivity contribution is 9.09. The summed E-state index contributed by atoms with van der Waals surface area (Å²) < 4.78 is 31.2. The molecule has 0 spiro atoms. The second kappa shape index (κ2) is 10.6. The molecule has 0 saturated carbocycles.